The number of hydrogen-bond acceptors (Lipinski definition) is 7. The van der Waals surface area contributed by atoms with Crippen LogP contribution >= 0.6 is 0 Å². The van der Waals surface area contributed by atoms with E-state index in [1.54, 1.807) is 10.9 Å². The first-order valence-electron chi connectivity index (χ1n) is 9.29. The van der Waals surface area contributed by atoms with Crippen molar-refractivity contribution in [2.45, 2.75) is 46.8 Å². The van der Waals surface area contributed by atoms with Crippen molar-refractivity contribution in [2.24, 2.45) is 5.92 Å². The minimum Gasteiger partial charge on any atom is -0.447 e. The minimum absolute atomic E-state index is 0.0822. The van der Waals surface area contributed by atoms with E-state index in [1.165, 1.54) is 0 Å². The summed E-state index contributed by atoms with van der Waals surface area (Å²) < 4.78 is 17.0. The third-order valence-corrected chi connectivity index (χ3v) is 3.45. The molecule has 27 heavy (non-hydrogen) atoms. The lowest BCUT2D eigenvalue weighted by atomic mass is 10.1. The molecule has 1 aromatic rings. The van der Waals surface area contributed by atoms with Crippen LogP contribution in [0.4, 0.5) is 9.59 Å². The van der Waals surface area contributed by atoms with E-state index in [0.717, 1.165) is 6.42 Å². The van der Waals surface area contributed by atoms with Crippen molar-refractivity contribution >= 4 is 12.2 Å². The van der Waals surface area contributed by atoms with Gasteiger partial charge in [0.1, 0.15) is 18.9 Å². The van der Waals surface area contributed by atoms with Crippen LogP contribution in [0.3, 0.4) is 0 Å². The molecule has 154 valence electrons. The summed E-state index contributed by atoms with van der Waals surface area (Å²) in [4.78, 5) is 22.9. The highest BCUT2D eigenvalue weighted by Gasteiger charge is 2.05. The summed E-state index contributed by atoms with van der Waals surface area (Å²) in [6.07, 6.45) is 2.33. The Morgan fingerprint density at radius 2 is 1.85 bits per heavy atom. The predicted octanol–water partition coefficient (Wildman–Crippen LogP) is 1.70. The van der Waals surface area contributed by atoms with Crippen molar-refractivity contribution in [1.82, 2.24) is 25.6 Å². The van der Waals surface area contributed by atoms with Crippen molar-refractivity contribution in [1.29, 1.82) is 0 Å². The Labute approximate surface area is 159 Å². The predicted molar refractivity (Wildman–Crippen MR) is 98.1 cm³/mol. The van der Waals surface area contributed by atoms with E-state index in [-0.39, 0.29) is 13.2 Å². The number of nitrogens with one attached hydrogen (secondary N) is 2. The molecule has 0 saturated carbocycles. The van der Waals surface area contributed by atoms with Crippen LogP contribution in [0.5, 0.6) is 0 Å². The largest absolute Gasteiger partial charge is 0.447 e. The van der Waals surface area contributed by atoms with Crippen molar-refractivity contribution in [3.05, 3.63) is 11.9 Å². The number of rotatable bonds is 13. The first-order valence-corrected chi connectivity index (χ1v) is 9.29. The van der Waals surface area contributed by atoms with Crippen LogP contribution in [0.15, 0.2) is 6.20 Å². The molecule has 0 saturated heterocycles. The van der Waals surface area contributed by atoms with Gasteiger partial charge in [0.05, 0.1) is 12.8 Å². The fraction of sp³-hybridized carbons (Fsp3) is 0.765. The second-order valence-electron chi connectivity index (χ2n) is 6.28. The summed E-state index contributed by atoms with van der Waals surface area (Å²) in [7, 11) is 0. The van der Waals surface area contributed by atoms with Gasteiger partial charge in [-0.15, -0.1) is 5.10 Å². The zero-order valence-electron chi connectivity index (χ0n) is 16.4. The maximum Gasteiger partial charge on any atom is 0.407 e. The average molecular weight is 385 g/mol. The highest BCUT2D eigenvalue weighted by molar-refractivity contribution is 5.67. The van der Waals surface area contributed by atoms with Crippen LogP contribution < -0.4 is 10.6 Å². The Hall–Kier alpha value is -2.36. The summed E-state index contributed by atoms with van der Waals surface area (Å²) in [5.41, 5.74) is 0.601. The molecule has 0 fully saturated rings. The lowest BCUT2D eigenvalue weighted by Gasteiger charge is -2.09. The Bertz CT molecular complexity index is 550. The number of amides is 2. The summed E-state index contributed by atoms with van der Waals surface area (Å²) in [5, 5.41) is 13.0. The third-order valence-electron chi connectivity index (χ3n) is 3.45. The number of hydrogen-bond donors (Lipinski definition) is 2. The van der Waals surface area contributed by atoms with Crippen LogP contribution in [0, 0.1) is 5.92 Å². The Morgan fingerprint density at radius 1 is 1.11 bits per heavy atom. The van der Waals surface area contributed by atoms with Gasteiger partial charge in [-0.25, -0.2) is 9.59 Å². The van der Waals surface area contributed by atoms with Crippen LogP contribution in [0.1, 0.15) is 39.3 Å². The molecular weight excluding hydrogens is 354 g/mol. The van der Waals surface area contributed by atoms with Crippen molar-refractivity contribution in [3.63, 3.8) is 0 Å². The topological polar surface area (TPSA) is 117 Å². The van der Waals surface area contributed by atoms with E-state index in [0.29, 0.717) is 50.9 Å². The number of nitrogens with zero attached hydrogens (tertiary/aromatic N) is 3. The van der Waals surface area contributed by atoms with Crippen molar-refractivity contribution in [3.8, 4) is 0 Å². The molecule has 0 bridgehead atoms. The second kappa shape index (κ2) is 13.8. The molecule has 0 spiro atoms. The molecule has 10 nitrogen and oxygen atoms in total. The van der Waals surface area contributed by atoms with Gasteiger partial charge in [-0.1, -0.05) is 19.1 Å². The van der Waals surface area contributed by atoms with E-state index in [2.05, 4.69) is 34.8 Å². The smallest absolute Gasteiger partial charge is 0.407 e. The molecule has 2 amide bonds. The molecule has 1 heterocycles. The first kappa shape index (κ1) is 22.7. The van der Waals surface area contributed by atoms with Crippen LogP contribution in [0.2, 0.25) is 0 Å². The quantitative estimate of drug-likeness (QED) is 0.496. The molecule has 0 aliphatic rings. The van der Waals surface area contributed by atoms with E-state index < -0.39 is 12.2 Å². The molecule has 2 N–H and O–H groups in total. The normalized spacial score (nSPS) is 10.7. The van der Waals surface area contributed by atoms with Gasteiger partial charge in [0.25, 0.3) is 0 Å². The Kier molecular flexibility index (Phi) is 11.6. The average Bonchev–Trinajstić information content (AvgIpc) is 3.10. The zero-order valence-corrected chi connectivity index (χ0v) is 16.4. The van der Waals surface area contributed by atoms with E-state index in [9.17, 15) is 9.59 Å². The minimum atomic E-state index is -0.512. The molecule has 0 radical (unpaired) electrons. The van der Waals surface area contributed by atoms with E-state index in [1.807, 2.05) is 6.92 Å². The Balaban J connectivity index is 1.90. The highest BCUT2D eigenvalue weighted by Crippen LogP contribution is 1.97. The van der Waals surface area contributed by atoms with Gasteiger partial charge in [0.2, 0.25) is 0 Å². The molecule has 0 unspecified atom stereocenters. The number of aromatic nitrogens is 3. The molecular formula is C17H31N5O5. The van der Waals surface area contributed by atoms with Gasteiger partial charge < -0.3 is 24.8 Å². The standard InChI is InChI=1S/C17H31N5O5/c1-4-22-12-15(20-21-22)13-27-17(24)18-7-5-9-25-10-11-26-16(23)19-8-6-14(2)3/h12,14H,4-11,13H2,1-3H3,(H,18,24)(H,19,23). The van der Waals surface area contributed by atoms with Gasteiger partial charge in [0, 0.05) is 26.2 Å². The lowest BCUT2D eigenvalue weighted by Crippen LogP contribution is -2.27. The SMILES string of the molecule is CCn1cc(COC(=O)NCCCOCCOC(=O)NCCC(C)C)nn1. The molecule has 0 aromatic carbocycles. The van der Waals surface area contributed by atoms with Crippen LogP contribution in [-0.2, 0) is 27.4 Å². The lowest BCUT2D eigenvalue weighted by molar-refractivity contribution is 0.0711. The maximum atomic E-state index is 11.5. The summed E-state index contributed by atoms with van der Waals surface area (Å²) in [6.45, 7) is 8.92. The molecule has 0 aliphatic carbocycles. The van der Waals surface area contributed by atoms with Crippen LogP contribution in [0.25, 0.3) is 0 Å². The van der Waals surface area contributed by atoms with E-state index in [4.69, 9.17) is 14.2 Å². The fourth-order valence-electron chi connectivity index (χ4n) is 1.92. The number of carbonyl (C=O) groups excluding carboxylic acids is 2. The van der Waals surface area contributed by atoms with E-state index >= 15 is 0 Å². The van der Waals surface area contributed by atoms with Gasteiger partial charge in [0.15, 0.2) is 0 Å². The van der Waals surface area contributed by atoms with Gasteiger partial charge in [-0.3, -0.25) is 4.68 Å². The number of ether oxygens (including phenoxy) is 3. The molecule has 1 rings (SSSR count). The van der Waals surface area contributed by atoms with Crippen molar-refractivity contribution < 1.29 is 23.8 Å². The molecule has 10 heteroatoms. The van der Waals surface area contributed by atoms with Crippen molar-refractivity contribution in [2.75, 3.05) is 32.9 Å². The molecule has 0 atom stereocenters. The molecule has 1 aromatic heterocycles. The third kappa shape index (κ3) is 11.8. The van der Waals surface area contributed by atoms with Crippen LogP contribution in [-0.4, -0.2) is 60.1 Å². The van der Waals surface area contributed by atoms with Gasteiger partial charge in [-0.05, 0) is 25.7 Å². The summed E-state index contributed by atoms with van der Waals surface area (Å²) >= 11 is 0. The Morgan fingerprint density at radius 3 is 2.56 bits per heavy atom. The van der Waals surface area contributed by atoms with Gasteiger partial charge >= 0.3 is 12.2 Å². The first-order chi connectivity index (χ1) is 13.0. The number of aryl methyl sites for hydroxylation is 1. The monoisotopic (exact) mass is 385 g/mol. The number of alkyl carbamates (subject to hydrolysis) is 2. The number of carbonyl (C=O) groups is 2. The summed E-state index contributed by atoms with van der Waals surface area (Å²) in [6, 6.07) is 0. The fourth-order valence-corrected chi connectivity index (χ4v) is 1.92. The molecule has 0 aliphatic heterocycles. The maximum absolute atomic E-state index is 11.5. The summed E-state index contributed by atoms with van der Waals surface area (Å²) in [5.74, 6) is 0.538. The zero-order chi connectivity index (χ0) is 19.9. The van der Waals surface area contributed by atoms with Gasteiger partial charge in [-0.2, -0.15) is 0 Å². The highest BCUT2D eigenvalue weighted by atomic mass is 16.6. The second-order valence-corrected chi connectivity index (χ2v) is 6.28.